The van der Waals surface area contributed by atoms with E-state index in [0.717, 1.165) is 0 Å². The zero-order valence-corrected chi connectivity index (χ0v) is 16.9. The van der Waals surface area contributed by atoms with Crippen LogP contribution < -0.4 is 5.32 Å². The lowest BCUT2D eigenvalue weighted by Gasteiger charge is -2.39. The number of amides is 2. The van der Waals surface area contributed by atoms with Crippen molar-refractivity contribution in [2.75, 3.05) is 13.1 Å². The van der Waals surface area contributed by atoms with Crippen LogP contribution in [-0.2, 0) is 19.0 Å². The third kappa shape index (κ3) is 8.40. The summed E-state index contributed by atoms with van der Waals surface area (Å²) in [6.07, 6.45) is -0.223. The highest BCUT2D eigenvalue weighted by Crippen LogP contribution is 2.22. The molecule has 8 nitrogen and oxygen atoms in total. The molecule has 8 heteroatoms. The number of carbonyl (C=O) groups excluding carboxylic acids is 3. The summed E-state index contributed by atoms with van der Waals surface area (Å²) in [6.45, 7) is 12.5. The summed E-state index contributed by atoms with van der Waals surface area (Å²) in [5.74, 6) is -0.385. The Hall–Kier alpha value is -1.99. The number of hydrogen-bond acceptors (Lipinski definition) is 6. The van der Waals surface area contributed by atoms with Crippen LogP contribution in [0.25, 0.3) is 0 Å². The predicted octanol–water partition coefficient (Wildman–Crippen LogP) is 2.84. The number of ether oxygens (including phenoxy) is 3. The Balaban J connectivity index is 2.75. The average molecular weight is 372 g/mol. The van der Waals surface area contributed by atoms with Gasteiger partial charge in [-0.25, -0.2) is 9.59 Å². The van der Waals surface area contributed by atoms with Crippen LogP contribution in [-0.4, -0.2) is 59.5 Å². The van der Waals surface area contributed by atoms with E-state index in [0.29, 0.717) is 12.8 Å². The molecule has 150 valence electrons. The normalized spacial score (nSPS) is 21.0. The number of piperidine rings is 1. The van der Waals surface area contributed by atoms with Crippen molar-refractivity contribution in [3.05, 3.63) is 0 Å². The van der Waals surface area contributed by atoms with E-state index >= 15 is 0 Å². The number of hydrogen-bond donors (Lipinski definition) is 1. The first-order chi connectivity index (χ1) is 11.8. The molecule has 2 atom stereocenters. The van der Waals surface area contributed by atoms with E-state index < -0.39 is 23.4 Å². The summed E-state index contributed by atoms with van der Waals surface area (Å²) in [5, 5.41) is 2.69. The van der Waals surface area contributed by atoms with Crippen LogP contribution in [0.4, 0.5) is 9.59 Å². The van der Waals surface area contributed by atoms with E-state index in [1.807, 2.05) is 0 Å². The van der Waals surface area contributed by atoms with Gasteiger partial charge in [0.05, 0.1) is 12.6 Å². The summed E-state index contributed by atoms with van der Waals surface area (Å²) in [5.41, 5.74) is -1.24. The van der Waals surface area contributed by atoms with Gasteiger partial charge in [0, 0.05) is 13.5 Å². The Bertz CT molecular complexity index is 521. The topological polar surface area (TPSA) is 94.2 Å². The van der Waals surface area contributed by atoms with Crippen LogP contribution in [0.3, 0.4) is 0 Å². The van der Waals surface area contributed by atoms with Crippen LogP contribution in [0.2, 0.25) is 0 Å². The lowest BCUT2D eigenvalue weighted by atomic mass is 10.0. The first-order valence-corrected chi connectivity index (χ1v) is 8.90. The van der Waals surface area contributed by atoms with E-state index in [1.165, 1.54) is 11.8 Å². The van der Waals surface area contributed by atoms with Crippen molar-refractivity contribution in [3.8, 4) is 0 Å². The molecule has 2 amide bonds. The van der Waals surface area contributed by atoms with Crippen molar-refractivity contribution in [1.82, 2.24) is 10.2 Å². The van der Waals surface area contributed by atoms with Crippen LogP contribution >= 0.6 is 0 Å². The number of esters is 1. The van der Waals surface area contributed by atoms with Crippen molar-refractivity contribution >= 4 is 18.2 Å². The summed E-state index contributed by atoms with van der Waals surface area (Å²) < 4.78 is 15.9. The maximum atomic E-state index is 12.5. The second-order valence-corrected chi connectivity index (χ2v) is 8.48. The van der Waals surface area contributed by atoms with E-state index in [9.17, 15) is 14.4 Å². The molecule has 0 aromatic carbocycles. The summed E-state index contributed by atoms with van der Waals surface area (Å²) in [4.78, 5) is 37.2. The molecule has 0 aromatic rings. The van der Waals surface area contributed by atoms with Crippen LogP contribution in [0, 0.1) is 0 Å². The minimum atomic E-state index is -0.644. The molecule has 1 saturated heterocycles. The number of rotatable bonds is 3. The number of nitrogens with one attached hydrogen (secondary N) is 1. The Morgan fingerprint density at radius 1 is 1.00 bits per heavy atom. The summed E-state index contributed by atoms with van der Waals surface area (Å²) >= 11 is 0. The van der Waals surface area contributed by atoms with E-state index in [2.05, 4.69) is 5.32 Å². The molecular weight excluding hydrogens is 340 g/mol. The smallest absolute Gasteiger partial charge is 0.410 e. The first kappa shape index (κ1) is 22.1. The molecule has 1 N–H and O–H groups in total. The molecule has 1 aliphatic heterocycles. The zero-order valence-electron chi connectivity index (χ0n) is 16.9. The molecule has 1 fully saturated rings. The lowest BCUT2D eigenvalue weighted by molar-refractivity contribution is -0.149. The van der Waals surface area contributed by atoms with Crippen molar-refractivity contribution in [2.45, 2.75) is 84.7 Å². The van der Waals surface area contributed by atoms with Crippen LogP contribution in [0.1, 0.15) is 61.3 Å². The van der Waals surface area contributed by atoms with Crippen molar-refractivity contribution in [2.24, 2.45) is 0 Å². The van der Waals surface area contributed by atoms with Gasteiger partial charge in [-0.05, 0) is 54.4 Å². The number of likely N-dealkylation sites (tertiary alicyclic amines) is 1. The first-order valence-electron chi connectivity index (χ1n) is 8.90. The highest BCUT2D eigenvalue weighted by molar-refractivity contribution is 5.70. The van der Waals surface area contributed by atoms with E-state index in [-0.39, 0.29) is 31.2 Å². The summed E-state index contributed by atoms with van der Waals surface area (Å²) in [7, 11) is 0. The molecule has 0 spiro atoms. The number of alkyl carbamates (subject to hydrolysis) is 1. The fourth-order valence-corrected chi connectivity index (χ4v) is 2.60. The molecule has 26 heavy (non-hydrogen) atoms. The van der Waals surface area contributed by atoms with Gasteiger partial charge in [-0.2, -0.15) is 0 Å². The molecule has 1 rings (SSSR count). The molecule has 1 aliphatic rings. The fourth-order valence-electron chi connectivity index (χ4n) is 2.60. The zero-order chi connectivity index (χ0) is 20.1. The standard InChI is InChI=1S/C18H32N2O6/c1-12(21)24-14-9-8-13(10-19-15(22)25-17(2,3)4)20(11-14)16(23)26-18(5,6)7/h13-14H,8-11H2,1-7H3,(H,19,22)/t13-,14-/m0/s1. The Labute approximate surface area is 155 Å². The predicted molar refractivity (Wildman–Crippen MR) is 95.8 cm³/mol. The Morgan fingerprint density at radius 3 is 2.08 bits per heavy atom. The highest BCUT2D eigenvalue weighted by atomic mass is 16.6. The SMILES string of the molecule is CC(=O)O[C@H]1CC[C@@H](CNC(=O)OC(C)(C)C)N(C(=O)OC(C)(C)C)C1. The largest absolute Gasteiger partial charge is 0.461 e. The van der Waals surface area contributed by atoms with Gasteiger partial charge in [-0.1, -0.05) is 0 Å². The van der Waals surface area contributed by atoms with Gasteiger partial charge in [-0.15, -0.1) is 0 Å². The Morgan fingerprint density at radius 2 is 1.58 bits per heavy atom. The van der Waals surface area contributed by atoms with Crippen molar-refractivity contribution < 1.29 is 28.6 Å². The molecule has 0 unspecified atom stereocenters. The van der Waals surface area contributed by atoms with Crippen molar-refractivity contribution in [1.29, 1.82) is 0 Å². The lowest BCUT2D eigenvalue weighted by Crippen LogP contribution is -2.55. The van der Waals surface area contributed by atoms with Gasteiger partial charge in [0.2, 0.25) is 0 Å². The van der Waals surface area contributed by atoms with Gasteiger partial charge in [-0.3, -0.25) is 9.69 Å². The molecule has 0 bridgehead atoms. The van der Waals surface area contributed by atoms with Crippen LogP contribution in [0.5, 0.6) is 0 Å². The maximum absolute atomic E-state index is 12.5. The maximum Gasteiger partial charge on any atom is 0.410 e. The van der Waals surface area contributed by atoms with E-state index in [1.54, 1.807) is 41.5 Å². The molecule has 0 aliphatic carbocycles. The van der Waals surface area contributed by atoms with E-state index in [4.69, 9.17) is 14.2 Å². The number of nitrogens with zero attached hydrogens (tertiary/aromatic N) is 1. The second kappa shape index (κ2) is 8.60. The molecule has 0 aromatic heterocycles. The highest BCUT2D eigenvalue weighted by Gasteiger charge is 2.36. The number of carbonyl (C=O) groups is 3. The minimum absolute atomic E-state index is 0.231. The third-order valence-electron chi connectivity index (χ3n) is 3.50. The van der Waals surface area contributed by atoms with Gasteiger partial charge >= 0.3 is 18.2 Å². The fraction of sp³-hybridized carbons (Fsp3) is 0.833. The van der Waals surface area contributed by atoms with Gasteiger partial charge < -0.3 is 19.5 Å². The van der Waals surface area contributed by atoms with Crippen molar-refractivity contribution in [3.63, 3.8) is 0 Å². The molecule has 0 saturated carbocycles. The Kier molecular flexibility index (Phi) is 7.29. The molecule has 0 radical (unpaired) electrons. The quantitative estimate of drug-likeness (QED) is 0.605. The third-order valence-corrected chi connectivity index (χ3v) is 3.50. The second-order valence-electron chi connectivity index (χ2n) is 8.48. The summed E-state index contributed by atoms with van der Waals surface area (Å²) in [6, 6.07) is -0.260. The average Bonchev–Trinajstić information content (AvgIpc) is 2.41. The van der Waals surface area contributed by atoms with Gasteiger partial charge in [0.1, 0.15) is 17.3 Å². The van der Waals surface area contributed by atoms with Gasteiger partial charge in [0.15, 0.2) is 0 Å². The van der Waals surface area contributed by atoms with Crippen LogP contribution in [0.15, 0.2) is 0 Å². The monoisotopic (exact) mass is 372 g/mol. The minimum Gasteiger partial charge on any atom is -0.461 e. The van der Waals surface area contributed by atoms with Gasteiger partial charge in [0.25, 0.3) is 0 Å². The molecular formula is C18H32N2O6. The molecule has 1 heterocycles.